The predicted octanol–water partition coefficient (Wildman–Crippen LogP) is 4.09. The molecule has 0 atom stereocenters. The van der Waals surface area contributed by atoms with Crippen LogP contribution in [0.15, 0.2) is 60.7 Å². The van der Waals surface area contributed by atoms with Gasteiger partial charge >= 0.3 is 0 Å². The summed E-state index contributed by atoms with van der Waals surface area (Å²) >= 11 is 0. The smallest absolute Gasteiger partial charge is 0.196 e. The highest BCUT2D eigenvalue weighted by atomic mass is 16.1. The molecule has 1 aliphatic carbocycles. The minimum atomic E-state index is -0.217. The number of nitrogens with two attached hydrogens (primary N) is 1. The molecule has 0 bridgehead atoms. The number of nitrogen functional groups attached to an aromatic ring is 1. The summed E-state index contributed by atoms with van der Waals surface area (Å²) in [5, 5.41) is 6.52. The summed E-state index contributed by atoms with van der Waals surface area (Å²) in [5.74, 6) is -0.396. The van der Waals surface area contributed by atoms with E-state index in [1.807, 2.05) is 43.3 Å². The topological polar surface area (TPSA) is 84.2 Å². The molecule has 3 aromatic carbocycles. The lowest BCUT2D eigenvalue weighted by Gasteiger charge is -2.24. The molecule has 0 aromatic heterocycles. The zero-order valence-corrected chi connectivity index (χ0v) is 15.6. The molecule has 0 heterocycles. The minimum Gasteiger partial charge on any atom is -0.396 e. The quantitative estimate of drug-likeness (QED) is 0.460. The Hall–Kier alpha value is -3.60. The number of nitrogens with one attached hydrogen (secondary N) is 2. The van der Waals surface area contributed by atoms with E-state index in [4.69, 9.17) is 5.73 Å². The molecule has 0 saturated carbocycles. The van der Waals surface area contributed by atoms with Crippen molar-refractivity contribution in [2.75, 3.05) is 22.9 Å². The van der Waals surface area contributed by atoms with E-state index in [-0.39, 0.29) is 17.1 Å². The average molecular weight is 371 g/mol. The van der Waals surface area contributed by atoms with Crippen LogP contribution in [0, 0.1) is 0 Å². The van der Waals surface area contributed by atoms with Gasteiger partial charge in [-0.2, -0.15) is 0 Å². The molecule has 0 unspecified atom stereocenters. The summed E-state index contributed by atoms with van der Waals surface area (Å²) in [7, 11) is 0. The Labute approximate surface area is 163 Å². The lowest BCUT2D eigenvalue weighted by atomic mass is 9.82. The van der Waals surface area contributed by atoms with E-state index < -0.39 is 0 Å². The van der Waals surface area contributed by atoms with Crippen LogP contribution < -0.4 is 16.4 Å². The number of hydrogen-bond acceptors (Lipinski definition) is 5. The van der Waals surface area contributed by atoms with E-state index >= 15 is 0 Å². The predicted molar refractivity (Wildman–Crippen MR) is 112 cm³/mol. The molecule has 0 aliphatic heterocycles. The highest BCUT2D eigenvalue weighted by Crippen LogP contribution is 2.39. The average Bonchev–Trinajstić information content (AvgIpc) is 2.73. The molecule has 0 saturated heterocycles. The van der Waals surface area contributed by atoms with Gasteiger partial charge in [0.05, 0.1) is 22.5 Å². The molecule has 4 N–H and O–H groups in total. The van der Waals surface area contributed by atoms with Crippen LogP contribution in [0.2, 0.25) is 0 Å². The SMILES string of the molecule is CCNc1cc(NCc2ccccc2)c(N)c2c1C(=O)c1ccccc1C2=O. The van der Waals surface area contributed by atoms with Crippen molar-refractivity contribution in [1.29, 1.82) is 0 Å². The Kier molecular flexibility index (Phi) is 4.57. The van der Waals surface area contributed by atoms with E-state index in [0.29, 0.717) is 46.8 Å². The van der Waals surface area contributed by atoms with Gasteiger partial charge in [0.2, 0.25) is 0 Å². The molecule has 4 rings (SSSR count). The van der Waals surface area contributed by atoms with E-state index in [0.717, 1.165) is 5.56 Å². The fourth-order valence-corrected chi connectivity index (χ4v) is 3.59. The van der Waals surface area contributed by atoms with Gasteiger partial charge < -0.3 is 16.4 Å². The van der Waals surface area contributed by atoms with E-state index in [1.54, 1.807) is 24.3 Å². The maximum Gasteiger partial charge on any atom is 0.196 e. The van der Waals surface area contributed by atoms with Crippen molar-refractivity contribution >= 4 is 28.6 Å². The van der Waals surface area contributed by atoms with Crippen LogP contribution in [0.4, 0.5) is 17.1 Å². The Morgan fingerprint density at radius 3 is 2.04 bits per heavy atom. The first-order valence-corrected chi connectivity index (χ1v) is 9.28. The molecule has 3 aromatic rings. The Morgan fingerprint density at radius 1 is 0.786 bits per heavy atom. The van der Waals surface area contributed by atoms with Gasteiger partial charge in [0.1, 0.15) is 0 Å². The van der Waals surface area contributed by atoms with Crippen LogP contribution in [-0.4, -0.2) is 18.1 Å². The number of carbonyl (C=O) groups is 2. The normalized spacial score (nSPS) is 12.3. The first-order valence-electron chi connectivity index (χ1n) is 9.28. The fourth-order valence-electron chi connectivity index (χ4n) is 3.59. The second kappa shape index (κ2) is 7.19. The number of benzene rings is 3. The first kappa shape index (κ1) is 17.8. The van der Waals surface area contributed by atoms with Gasteiger partial charge in [-0.15, -0.1) is 0 Å². The van der Waals surface area contributed by atoms with E-state index in [1.165, 1.54) is 0 Å². The third-order valence-electron chi connectivity index (χ3n) is 4.93. The van der Waals surface area contributed by atoms with Gasteiger partial charge in [-0.3, -0.25) is 9.59 Å². The zero-order valence-electron chi connectivity index (χ0n) is 15.6. The maximum atomic E-state index is 13.2. The van der Waals surface area contributed by atoms with Gasteiger partial charge in [-0.1, -0.05) is 54.6 Å². The molecular weight excluding hydrogens is 350 g/mol. The Morgan fingerprint density at radius 2 is 1.39 bits per heavy atom. The van der Waals surface area contributed by atoms with Crippen LogP contribution in [0.25, 0.3) is 0 Å². The summed E-state index contributed by atoms with van der Waals surface area (Å²) < 4.78 is 0. The van der Waals surface area contributed by atoms with Gasteiger partial charge in [-0.05, 0) is 18.6 Å². The first-order chi connectivity index (χ1) is 13.6. The number of anilines is 3. The monoisotopic (exact) mass is 371 g/mol. The largest absolute Gasteiger partial charge is 0.396 e. The van der Waals surface area contributed by atoms with Gasteiger partial charge in [0.15, 0.2) is 11.6 Å². The minimum absolute atomic E-state index is 0.178. The van der Waals surface area contributed by atoms with Crippen LogP contribution in [-0.2, 0) is 6.54 Å². The molecule has 0 spiro atoms. The molecule has 28 heavy (non-hydrogen) atoms. The highest BCUT2D eigenvalue weighted by Gasteiger charge is 2.34. The van der Waals surface area contributed by atoms with Gasteiger partial charge in [0, 0.05) is 29.9 Å². The summed E-state index contributed by atoms with van der Waals surface area (Å²) in [6.07, 6.45) is 0. The van der Waals surface area contributed by atoms with Crippen molar-refractivity contribution in [3.05, 3.63) is 88.5 Å². The lowest BCUT2D eigenvalue weighted by Crippen LogP contribution is -2.24. The van der Waals surface area contributed by atoms with Crippen molar-refractivity contribution in [2.24, 2.45) is 0 Å². The maximum absolute atomic E-state index is 13.2. The zero-order chi connectivity index (χ0) is 19.7. The van der Waals surface area contributed by atoms with Crippen molar-refractivity contribution in [1.82, 2.24) is 0 Å². The molecule has 1 aliphatic rings. The van der Waals surface area contributed by atoms with Crippen molar-refractivity contribution in [2.45, 2.75) is 13.5 Å². The van der Waals surface area contributed by atoms with Gasteiger partial charge in [0.25, 0.3) is 0 Å². The molecule has 0 radical (unpaired) electrons. The fraction of sp³-hybridized carbons (Fsp3) is 0.130. The second-order valence-corrected chi connectivity index (χ2v) is 6.71. The van der Waals surface area contributed by atoms with Crippen LogP contribution in [0.5, 0.6) is 0 Å². The van der Waals surface area contributed by atoms with Crippen molar-refractivity contribution in [3.8, 4) is 0 Å². The van der Waals surface area contributed by atoms with Crippen molar-refractivity contribution < 1.29 is 9.59 Å². The number of rotatable bonds is 5. The molecule has 5 nitrogen and oxygen atoms in total. The third kappa shape index (κ3) is 2.91. The number of fused-ring (bicyclic) bond motifs is 2. The number of ketones is 2. The molecule has 5 heteroatoms. The summed E-state index contributed by atoms with van der Waals surface area (Å²) in [6, 6.07) is 18.6. The summed E-state index contributed by atoms with van der Waals surface area (Å²) in [6.45, 7) is 3.13. The summed E-state index contributed by atoms with van der Waals surface area (Å²) in [4.78, 5) is 26.3. The van der Waals surface area contributed by atoms with Crippen LogP contribution >= 0.6 is 0 Å². The molecule has 0 amide bonds. The van der Waals surface area contributed by atoms with E-state index in [9.17, 15) is 9.59 Å². The highest BCUT2D eigenvalue weighted by molar-refractivity contribution is 6.32. The number of carbonyl (C=O) groups excluding carboxylic acids is 2. The van der Waals surface area contributed by atoms with Crippen LogP contribution in [0.1, 0.15) is 44.3 Å². The Bertz CT molecular complexity index is 1070. The molecular formula is C23H21N3O2. The second-order valence-electron chi connectivity index (χ2n) is 6.71. The van der Waals surface area contributed by atoms with Crippen LogP contribution in [0.3, 0.4) is 0 Å². The molecule has 0 fully saturated rings. The van der Waals surface area contributed by atoms with E-state index in [2.05, 4.69) is 10.6 Å². The van der Waals surface area contributed by atoms with Crippen molar-refractivity contribution in [3.63, 3.8) is 0 Å². The molecule has 140 valence electrons. The third-order valence-corrected chi connectivity index (χ3v) is 4.93. The number of hydrogen-bond donors (Lipinski definition) is 3. The van der Waals surface area contributed by atoms with Gasteiger partial charge in [-0.25, -0.2) is 0 Å². The Balaban J connectivity index is 1.82. The summed E-state index contributed by atoms with van der Waals surface area (Å²) in [5.41, 5.74) is 10.5. The lowest BCUT2D eigenvalue weighted by molar-refractivity contribution is 0.0980. The standard InChI is InChI=1S/C23H21N3O2/c1-2-25-17-12-18(26-13-14-8-4-3-5-9-14)21(24)20-19(17)22(27)15-10-6-7-11-16(15)23(20)28/h3-12,25-26H,2,13,24H2,1H3.